The topological polar surface area (TPSA) is 45.5 Å². The standard InChI is InChI=1S/C19H15BrN2O2/c1-12-16-6-3-9-21(16)17-8-7-14(20)11-18(17)22(12)19(24)13-4-2-5-15(23)10-13/h2-12,23H,1H3/t12-/m1/s1. The number of nitrogens with zero attached hydrogens (tertiary/aromatic N) is 2. The Hall–Kier alpha value is -2.53. The first-order valence-electron chi connectivity index (χ1n) is 7.66. The molecule has 3 aromatic rings. The molecule has 0 fully saturated rings. The fourth-order valence-corrected chi connectivity index (χ4v) is 3.60. The van der Waals surface area contributed by atoms with Crippen LogP contribution >= 0.6 is 15.9 Å². The molecule has 4 rings (SSSR count). The normalized spacial score (nSPS) is 15.8. The largest absolute Gasteiger partial charge is 0.508 e. The minimum absolute atomic E-state index is 0.0864. The van der Waals surface area contributed by atoms with Gasteiger partial charge in [0.25, 0.3) is 5.91 Å². The summed E-state index contributed by atoms with van der Waals surface area (Å²) in [5.74, 6) is -0.0476. The van der Waals surface area contributed by atoms with E-state index in [0.717, 1.165) is 21.5 Å². The fourth-order valence-electron chi connectivity index (χ4n) is 3.25. The van der Waals surface area contributed by atoms with Crippen molar-refractivity contribution >= 4 is 27.5 Å². The lowest BCUT2D eigenvalue weighted by atomic mass is 10.0. The van der Waals surface area contributed by atoms with Gasteiger partial charge in [-0.05, 0) is 55.5 Å². The van der Waals surface area contributed by atoms with Crippen LogP contribution in [0.2, 0.25) is 0 Å². The maximum atomic E-state index is 13.2. The Bertz CT molecular complexity index is 948. The van der Waals surface area contributed by atoms with Gasteiger partial charge in [-0.2, -0.15) is 0 Å². The summed E-state index contributed by atoms with van der Waals surface area (Å²) in [6, 6.07) is 16.3. The highest BCUT2D eigenvalue weighted by Crippen LogP contribution is 2.41. The highest BCUT2D eigenvalue weighted by Gasteiger charge is 2.33. The van der Waals surface area contributed by atoms with Gasteiger partial charge >= 0.3 is 0 Å². The van der Waals surface area contributed by atoms with Crippen LogP contribution in [0, 0.1) is 0 Å². The van der Waals surface area contributed by atoms with Gasteiger partial charge in [0.1, 0.15) is 5.75 Å². The van der Waals surface area contributed by atoms with Gasteiger partial charge in [-0.15, -0.1) is 0 Å². The van der Waals surface area contributed by atoms with Crippen LogP contribution in [0.25, 0.3) is 5.69 Å². The van der Waals surface area contributed by atoms with E-state index >= 15 is 0 Å². The number of carbonyl (C=O) groups excluding carboxylic acids is 1. The Kier molecular flexibility index (Phi) is 3.46. The van der Waals surface area contributed by atoms with E-state index in [1.54, 1.807) is 23.1 Å². The first kappa shape index (κ1) is 15.0. The van der Waals surface area contributed by atoms with Crippen LogP contribution in [0.3, 0.4) is 0 Å². The monoisotopic (exact) mass is 382 g/mol. The quantitative estimate of drug-likeness (QED) is 0.664. The van der Waals surface area contributed by atoms with Crippen molar-refractivity contribution in [3.8, 4) is 11.4 Å². The number of benzene rings is 2. The summed E-state index contributed by atoms with van der Waals surface area (Å²) in [6.45, 7) is 2.01. The third-order valence-corrected chi connectivity index (χ3v) is 4.86. The molecule has 120 valence electrons. The van der Waals surface area contributed by atoms with Gasteiger partial charge in [0.15, 0.2) is 0 Å². The number of carbonyl (C=O) groups is 1. The smallest absolute Gasteiger partial charge is 0.259 e. The van der Waals surface area contributed by atoms with E-state index in [9.17, 15) is 9.90 Å². The number of phenolic OH excluding ortho intramolecular Hbond substituents is 1. The number of hydrogen-bond acceptors (Lipinski definition) is 2. The lowest BCUT2D eigenvalue weighted by Gasteiger charge is -2.36. The maximum Gasteiger partial charge on any atom is 0.259 e. The SMILES string of the molecule is C[C@@H]1c2cccn2-c2ccc(Br)cc2N1C(=O)c1cccc(O)c1. The summed E-state index contributed by atoms with van der Waals surface area (Å²) in [5, 5.41) is 9.71. The van der Waals surface area contributed by atoms with Crippen LogP contribution < -0.4 is 4.90 Å². The summed E-state index contributed by atoms with van der Waals surface area (Å²) in [7, 11) is 0. The van der Waals surface area contributed by atoms with E-state index in [1.165, 1.54) is 6.07 Å². The van der Waals surface area contributed by atoms with E-state index in [2.05, 4.69) is 20.5 Å². The van der Waals surface area contributed by atoms with Crippen molar-refractivity contribution in [2.45, 2.75) is 13.0 Å². The van der Waals surface area contributed by atoms with Crippen LogP contribution in [-0.4, -0.2) is 15.6 Å². The number of fused-ring (bicyclic) bond motifs is 3. The molecule has 24 heavy (non-hydrogen) atoms. The molecule has 1 aliphatic rings. The molecule has 2 aromatic carbocycles. The number of halogens is 1. The van der Waals surface area contributed by atoms with Gasteiger partial charge in [0.2, 0.25) is 0 Å². The molecule has 2 heterocycles. The Morgan fingerprint density at radius 3 is 2.71 bits per heavy atom. The van der Waals surface area contributed by atoms with E-state index < -0.39 is 0 Å². The summed E-state index contributed by atoms with van der Waals surface area (Å²) in [5.41, 5.74) is 3.32. The highest BCUT2D eigenvalue weighted by atomic mass is 79.9. The molecule has 1 aromatic heterocycles. The molecule has 0 saturated carbocycles. The van der Waals surface area contributed by atoms with Crippen LogP contribution in [0.5, 0.6) is 5.75 Å². The number of rotatable bonds is 1. The number of phenols is 1. The molecule has 0 radical (unpaired) electrons. The van der Waals surface area contributed by atoms with Crippen LogP contribution in [-0.2, 0) is 0 Å². The fraction of sp³-hybridized carbons (Fsp3) is 0.105. The summed E-state index contributed by atoms with van der Waals surface area (Å²) in [4.78, 5) is 14.9. The van der Waals surface area contributed by atoms with Crippen LogP contribution in [0.4, 0.5) is 5.69 Å². The average Bonchev–Trinajstić information content (AvgIpc) is 3.05. The second-order valence-corrected chi connectivity index (χ2v) is 6.75. The molecule has 1 N–H and O–H groups in total. The zero-order valence-corrected chi connectivity index (χ0v) is 14.6. The van der Waals surface area contributed by atoms with Crippen molar-refractivity contribution in [3.05, 3.63) is 76.5 Å². The van der Waals surface area contributed by atoms with Crippen molar-refractivity contribution in [2.24, 2.45) is 0 Å². The van der Waals surface area contributed by atoms with Crippen LogP contribution in [0.1, 0.15) is 29.0 Å². The minimum Gasteiger partial charge on any atom is -0.508 e. The second kappa shape index (κ2) is 5.53. The van der Waals surface area contributed by atoms with E-state index in [4.69, 9.17) is 0 Å². The van der Waals surface area contributed by atoms with Gasteiger partial charge in [0, 0.05) is 21.9 Å². The Morgan fingerprint density at radius 2 is 1.92 bits per heavy atom. The third-order valence-electron chi connectivity index (χ3n) is 4.36. The molecule has 0 saturated heterocycles. The molecular weight excluding hydrogens is 368 g/mol. The number of hydrogen-bond donors (Lipinski definition) is 1. The van der Waals surface area contributed by atoms with Gasteiger partial charge in [-0.25, -0.2) is 0 Å². The maximum absolute atomic E-state index is 13.2. The molecule has 1 aliphatic heterocycles. The number of amides is 1. The van der Waals surface area contributed by atoms with E-state index in [-0.39, 0.29) is 17.7 Å². The van der Waals surface area contributed by atoms with Crippen molar-refractivity contribution in [3.63, 3.8) is 0 Å². The van der Waals surface area contributed by atoms with Crippen molar-refractivity contribution in [2.75, 3.05) is 4.90 Å². The molecule has 4 nitrogen and oxygen atoms in total. The molecule has 0 aliphatic carbocycles. The Morgan fingerprint density at radius 1 is 1.08 bits per heavy atom. The lowest BCUT2D eigenvalue weighted by molar-refractivity contribution is 0.0976. The van der Waals surface area contributed by atoms with Crippen molar-refractivity contribution in [1.82, 2.24) is 4.57 Å². The molecule has 1 amide bonds. The Balaban J connectivity index is 1.90. The molecular formula is C19H15BrN2O2. The van der Waals surface area contributed by atoms with Crippen LogP contribution in [0.15, 0.2) is 65.3 Å². The van der Waals surface area contributed by atoms with Gasteiger partial charge in [0.05, 0.1) is 17.4 Å². The first-order chi connectivity index (χ1) is 11.6. The van der Waals surface area contributed by atoms with Crippen molar-refractivity contribution < 1.29 is 9.90 Å². The van der Waals surface area contributed by atoms with Gasteiger partial charge in [-0.3, -0.25) is 9.69 Å². The zero-order chi connectivity index (χ0) is 16.8. The average molecular weight is 383 g/mol. The predicted molar refractivity (Wildman–Crippen MR) is 96.8 cm³/mol. The summed E-state index contributed by atoms with van der Waals surface area (Å²) in [6.07, 6.45) is 2.01. The zero-order valence-electron chi connectivity index (χ0n) is 13.0. The summed E-state index contributed by atoms with van der Waals surface area (Å²) >= 11 is 3.50. The molecule has 0 spiro atoms. The molecule has 5 heteroatoms. The first-order valence-corrected chi connectivity index (χ1v) is 8.45. The second-order valence-electron chi connectivity index (χ2n) is 5.84. The predicted octanol–water partition coefficient (Wildman–Crippen LogP) is 4.67. The van der Waals surface area contributed by atoms with Gasteiger partial charge in [-0.1, -0.05) is 22.0 Å². The highest BCUT2D eigenvalue weighted by molar-refractivity contribution is 9.10. The van der Waals surface area contributed by atoms with E-state index in [0.29, 0.717) is 5.56 Å². The number of aromatic nitrogens is 1. The number of aromatic hydroxyl groups is 1. The lowest BCUT2D eigenvalue weighted by Crippen LogP contribution is -2.38. The van der Waals surface area contributed by atoms with Gasteiger partial charge < -0.3 is 9.67 Å². The van der Waals surface area contributed by atoms with Crippen molar-refractivity contribution in [1.29, 1.82) is 0 Å². The summed E-state index contributed by atoms with van der Waals surface area (Å²) < 4.78 is 3.02. The molecule has 0 unspecified atom stereocenters. The molecule has 1 atom stereocenters. The Labute approximate surface area is 148 Å². The molecule has 0 bridgehead atoms. The minimum atomic E-state index is -0.134. The van der Waals surface area contributed by atoms with E-state index in [1.807, 2.05) is 43.5 Å². The number of anilines is 1. The third kappa shape index (κ3) is 2.24.